The van der Waals surface area contributed by atoms with E-state index >= 15 is 0 Å². The number of carbonyl (C=O) groups is 2. The molecule has 1 amide bonds. The minimum atomic E-state index is -1.89. The highest BCUT2D eigenvalue weighted by atomic mass is 31.1. The van der Waals surface area contributed by atoms with Crippen LogP contribution in [0.15, 0.2) is 23.7 Å². The van der Waals surface area contributed by atoms with Gasteiger partial charge in [0.05, 0.1) is 29.5 Å². The van der Waals surface area contributed by atoms with Gasteiger partial charge in [0.1, 0.15) is 14.7 Å². The summed E-state index contributed by atoms with van der Waals surface area (Å²) < 4.78 is 12.0. The maximum atomic E-state index is 13.5. The second-order valence-corrected chi connectivity index (χ2v) is 15.3. The fourth-order valence-corrected chi connectivity index (χ4v) is 8.73. The van der Waals surface area contributed by atoms with Crippen LogP contribution in [0.3, 0.4) is 0 Å². The third kappa shape index (κ3) is 5.75. The summed E-state index contributed by atoms with van der Waals surface area (Å²) in [6.45, 7) is 13.6. The molecule has 2 aliphatic heterocycles. The van der Waals surface area contributed by atoms with Gasteiger partial charge in [-0.25, -0.2) is 4.79 Å². The highest BCUT2D eigenvalue weighted by molar-refractivity contribution is 7.32. The Hall–Kier alpha value is -1.65. The molecule has 0 bridgehead atoms. The number of aryl methyl sites for hydroxylation is 1. The van der Waals surface area contributed by atoms with Gasteiger partial charge in [0.15, 0.2) is 16.3 Å². The molecule has 2 aliphatic rings. The Morgan fingerprint density at radius 3 is 2.47 bits per heavy atom. The number of hydrogen-bond donors (Lipinski definition) is 1. The van der Waals surface area contributed by atoms with Crippen molar-refractivity contribution < 1.29 is 18.5 Å². The first-order valence-electron chi connectivity index (χ1n) is 12.7. The van der Waals surface area contributed by atoms with E-state index in [0.29, 0.717) is 18.8 Å². The third-order valence-electron chi connectivity index (χ3n) is 7.77. The van der Waals surface area contributed by atoms with Crippen molar-refractivity contribution in [1.29, 1.82) is 0 Å². The monoisotopic (exact) mass is 531 g/mol. The molecule has 0 saturated carbocycles. The van der Waals surface area contributed by atoms with Crippen molar-refractivity contribution >= 4 is 37.1 Å². The molecule has 1 aromatic heterocycles. The molecule has 0 spiro atoms. The number of β-lactam (4-membered cyclic amide) rings is 1. The molecule has 1 fully saturated rings. The molecule has 36 heavy (non-hydrogen) atoms. The normalized spacial score (nSPS) is 22.9. The topological polar surface area (TPSA) is 96.9 Å². The summed E-state index contributed by atoms with van der Waals surface area (Å²) in [4.78, 5) is 41.4. The molecular weight excluding hydrogens is 492 g/mol. The second-order valence-electron chi connectivity index (χ2n) is 9.91. The van der Waals surface area contributed by atoms with E-state index in [1.807, 2.05) is 20.9 Å². The molecule has 196 valence electrons. The van der Waals surface area contributed by atoms with Gasteiger partial charge in [-0.05, 0) is 44.6 Å². The molecule has 1 N–H and O–H groups in total. The lowest BCUT2D eigenvalue weighted by molar-refractivity contribution is -0.161. The summed E-state index contributed by atoms with van der Waals surface area (Å²) in [5.41, 5.74) is 2.93. The Balaban J connectivity index is 1.84. The number of nitrogens with zero attached hydrogens (tertiary/aromatic N) is 4. The Morgan fingerprint density at radius 2 is 1.92 bits per heavy atom. The van der Waals surface area contributed by atoms with Crippen molar-refractivity contribution in [2.24, 2.45) is 11.8 Å². The lowest BCUT2D eigenvalue weighted by Crippen LogP contribution is -2.65. The van der Waals surface area contributed by atoms with Gasteiger partial charge in [-0.2, -0.15) is 0 Å². The maximum Gasteiger partial charge on any atom is 0.358 e. The fraction of sp³-hybridized carbons (Fsp3) is 0.667. The molecule has 12 heteroatoms. The molecular formula is C24H39BN5O4PSi. The highest BCUT2D eigenvalue weighted by Crippen LogP contribution is 2.49. The quantitative estimate of drug-likeness (QED) is 0.236. The van der Waals surface area contributed by atoms with Crippen LogP contribution >= 0.6 is 8.96 Å². The van der Waals surface area contributed by atoms with Gasteiger partial charge in [0.2, 0.25) is 5.91 Å². The lowest BCUT2D eigenvalue weighted by atomic mass is 9.77. The largest absolute Gasteiger partial charge is 0.428 e. The van der Waals surface area contributed by atoms with Crippen LogP contribution in [0.4, 0.5) is 0 Å². The summed E-state index contributed by atoms with van der Waals surface area (Å²) in [6.07, 6.45) is 3.31. The van der Waals surface area contributed by atoms with E-state index in [-0.39, 0.29) is 38.8 Å². The van der Waals surface area contributed by atoms with E-state index in [4.69, 9.17) is 16.9 Å². The van der Waals surface area contributed by atoms with Crippen LogP contribution in [0, 0.1) is 18.8 Å². The van der Waals surface area contributed by atoms with Crippen LogP contribution in [0.5, 0.6) is 0 Å². The molecule has 9 nitrogen and oxygen atoms in total. The van der Waals surface area contributed by atoms with E-state index in [1.165, 1.54) is 0 Å². The first-order valence-corrected chi connectivity index (χ1v) is 16.2. The van der Waals surface area contributed by atoms with Crippen molar-refractivity contribution in [2.75, 3.05) is 13.6 Å². The van der Waals surface area contributed by atoms with Crippen LogP contribution in [-0.2, 0) is 25.1 Å². The summed E-state index contributed by atoms with van der Waals surface area (Å²) in [6, 6.07) is 2.95. The Morgan fingerprint density at radius 1 is 1.25 bits per heavy atom. The first-order chi connectivity index (χ1) is 17.1. The molecule has 3 rings (SSSR count). The van der Waals surface area contributed by atoms with Crippen LogP contribution in [0.25, 0.3) is 0 Å². The molecule has 0 aromatic carbocycles. The summed E-state index contributed by atoms with van der Waals surface area (Å²) in [7, 11) is 5.03. The van der Waals surface area contributed by atoms with E-state index in [9.17, 15) is 9.59 Å². The number of nitrogens with one attached hydrogen (secondary N) is 1. The summed E-state index contributed by atoms with van der Waals surface area (Å²) in [5.74, 6) is -0.884. The first kappa shape index (κ1) is 28.9. The number of fused-ring (bicyclic) bond motifs is 1. The minimum Gasteiger partial charge on any atom is -0.428 e. The maximum absolute atomic E-state index is 13.5. The summed E-state index contributed by atoms with van der Waals surface area (Å²) >= 11 is 0. The Bertz CT molecular complexity index is 969. The number of carbonyl (C=O) groups excluding carboxylic acids is 2. The average Bonchev–Trinajstić information content (AvgIpc) is 3.10. The predicted molar refractivity (Wildman–Crippen MR) is 144 cm³/mol. The van der Waals surface area contributed by atoms with Crippen molar-refractivity contribution in [3.8, 4) is 0 Å². The molecule has 1 unspecified atom stereocenters. The second kappa shape index (κ2) is 12.3. The molecule has 3 heterocycles. The van der Waals surface area contributed by atoms with E-state index in [1.54, 1.807) is 17.3 Å². The van der Waals surface area contributed by atoms with Crippen molar-refractivity contribution in [1.82, 2.24) is 24.8 Å². The van der Waals surface area contributed by atoms with Gasteiger partial charge in [-0.15, -0.1) is 0 Å². The number of rotatable bonds is 13. The molecule has 2 radical (unpaired) electrons. The predicted octanol–water partition coefficient (Wildman–Crippen LogP) is 3.08. The average molecular weight is 531 g/mol. The number of amides is 1. The van der Waals surface area contributed by atoms with Crippen LogP contribution < -0.4 is 5.00 Å². The summed E-state index contributed by atoms with van der Waals surface area (Å²) in [5, 5.41) is 0. The van der Waals surface area contributed by atoms with Gasteiger partial charge in [0, 0.05) is 31.4 Å². The van der Waals surface area contributed by atoms with Crippen molar-refractivity contribution in [3.63, 3.8) is 0 Å². The highest BCUT2D eigenvalue weighted by Gasteiger charge is 2.60. The number of hydrogen-bond acceptors (Lipinski definition) is 8. The minimum absolute atomic E-state index is 0.0111. The number of likely N-dealkylation sites (N-methyl/N-ethyl adjacent to an activating group) is 1. The Kier molecular flexibility index (Phi) is 9.85. The smallest absolute Gasteiger partial charge is 0.358 e. The zero-order valence-electron chi connectivity index (χ0n) is 22.5. The zero-order chi connectivity index (χ0) is 26.6. The van der Waals surface area contributed by atoms with Crippen LogP contribution in [0.1, 0.15) is 46.0 Å². The zero-order valence-corrected chi connectivity index (χ0v) is 24.5. The standard InChI is InChI=1S/C24H39BN5O4PSi/c1-8-36(9-2,10-3)34-17(6)20-21-16(5)19(14-29(7)13-18-12-26-15(4)11-27-18)22(30(21)23(20)31)24(32)33-35-28-25/h11-12,16-17,20-21,28,35H,8-10,13-14H2,1-7H3/t16-,17+,20+,21+/m0/s1. The molecule has 5 atom stereocenters. The van der Waals surface area contributed by atoms with E-state index in [0.717, 1.165) is 35.1 Å². The SMILES string of the molecule is [B]NPOC(=O)C1=C(CN(C)Cc2cnc(C)cn2)[C@H](C)[C@@H]2[C@@H]([C@@H](C)O[Si](CC)(CC)CC)C(=O)N12. The van der Waals surface area contributed by atoms with Gasteiger partial charge in [-0.1, -0.05) is 27.7 Å². The molecule has 1 saturated heterocycles. The van der Waals surface area contributed by atoms with Crippen molar-refractivity contribution in [3.05, 3.63) is 35.1 Å². The van der Waals surface area contributed by atoms with Gasteiger partial charge >= 0.3 is 5.97 Å². The Labute approximate surface area is 219 Å². The fourth-order valence-electron chi connectivity index (χ4n) is 5.55. The molecule has 0 aliphatic carbocycles. The number of aromatic nitrogens is 2. The van der Waals surface area contributed by atoms with Gasteiger partial charge in [0.25, 0.3) is 0 Å². The van der Waals surface area contributed by atoms with E-state index < -0.39 is 14.3 Å². The van der Waals surface area contributed by atoms with Crippen molar-refractivity contribution in [2.45, 2.75) is 78.4 Å². The van der Waals surface area contributed by atoms with Crippen LogP contribution in [-0.4, -0.2) is 73.7 Å². The van der Waals surface area contributed by atoms with Gasteiger partial charge in [-0.3, -0.25) is 19.7 Å². The lowest BCUT2D eigenvalue weighted by Gasteiger charge is -2.49. The van der Waals surface area contributed by atoms with Gasteiger partial charge < -0.3 is 18.8 Å². The third-order valence-corrected chi connectivity index (χ3v) is 12.9. The molecule has 1 aromatic rings. The van der Waals surface area contributed by atoms with E-state index in [2.05, 4.69) is 47.6 Å². The van der Waals surface area contributed by atoms with Crippen LogP contribution in [0.2, 0.25) is 18.1 Å².